The molecule has 8 heteroatoms. The third-order valence-corrected chi connectivity index (χ3v) is 4.97. The Kier molecular flexibility index (Phi) is 7.69. The molecule has 0 aromatic heterocycles. The lowest BCUT2D eigenvalue weighted by Crippen LogP contribution is -2.40. The fraction of sp³-hybridized carbons (Fsp3) is 0.350. The number of carbonyl (C=O) groups is 1. The largest absolute Gasteiger partial charge is 0.494 e. The molecule has 0 aliphatic rings. The molecule has 0 fully saturated rings. The van der Waals surface area contributed by atoms with Crippen LogP contribution in [0, 0.1) is 0 Å². The third-order valence-electron chi connectivity index (χ3n) is 3.83. The number of amides is 1. The van der Waals surface area contributed by atoms with Gasteiger partial charge in [-0.15, -0.1) is 0 Å². The van der Waals surface area contributed by atoms with Crippen LogP contribution in [0.2, 0.25) is 0 Å². The van der Waals surface area contributed by atoms with Gasteiger partial charge in [-0.05, 0) is 43.7 Å². The molecule has 0 radical (unpaired) electrons. The number of ether oxygens (including phenoxy) is 2. The highest BCUT2D eigenvalue weighted by molar-refractivity contribution is 7.92. The van der Waals surface area contributed by atoms with Gasteiger partial charge in [0.05, 0.1) is 25.2 Å². The molecule has 0 unspecified atom stereocenters. The third kappa shape index (κ3) is 6.45. The van der Waals surface area contributed by atoms with Crippen molar-refractivity contribution in [1.29, 1.82) is 0 Å². The van der Waals surface area contributed by atoms with E-state index in [1.807, 2.05) is 38.1 Å². The number of benzene rings is 2. The van der Waals surface area contributed by atoms with Crippen molar-refractivity contribution in [3.8, 4) is 11.5 Å². The molecule has 2 aromatic rings. The highest BCUT2D eigenvalue weighted by atomic mass is 32.2. The second-order valence-electron chi connectivity index (χ2n) is 6.05. The average Bonchev–Trinajstić information content (AvgIpc) is 2.65. The second-order valence-corrected chi connectivity index (χ2v) is 7.96. The van der Waals surface area contributed by atoms with Gasteiger partial charge in [0.1, 0.15) is 18.0 Å². The lowest BCUT2D eigenvalue weighted by Gasteiger charge is -2.22. The zero-order valence-electron chi connectivity index (χ0n) is 16.3. The first-order valence-electron chi connectivity index (χ1n) is 9.02. The summed E-state index contributed by atoms with van der Waals surface area (Å²) in [4.78, 5) is 12.4. The molecule has 2 aromatic carbocycles. The van der Waals surface area contributed by atoms with E-state index in [1.165, 1.54) is 0 Å². The van der Waals surface area contributed by atoms with Crippen molar-refractivity contribution in [3.63, 3.8) is 0 Å². The summed E-state index contributed by atoms with van der Waals surface area (Å²) < 4.78 is 36.3. The first-order chi connectivity index (χ1) is 13.3. The predicted molar refractivity (Wildman–Crippen MR) is 109 cm³/mol. The van der Waals surface area contributed by atoms with E-state index in [9.17, 15) is 13.2 Å². The number of nitrogens with one attached hydrogen (secondary N) is 1. The van der Waals surface area contributed by atoms with Crippen molar-refractivity contribution >= 4 is 21.6 Å². The van der Waals surface area contributed by atoms with Crippen LogP contribution in [0.5, 0.6) is 11.5 Å². The molecule has 28 heavy (non-hydrogen) atoms. The van der Waals surface area contributed by atoms with E-state index in [-0.39, 0.29) is 6.54 Å². The minimum Gasteiger partial charge on any atom is -0.494 e. The van der Waals surface area contributed by atoms with Gasteiger partial charge in [-0.25, -0.2) is 8.42 Å². The minimum absolute atomic E-state index is 0.293. The molecule has 2 rings (SSSR count). The Labute approximate surface area is 166 Å². The van der Waals surface area contributed by atoms with E-state index in [2.05, 4.69) is 5.32 Å². The van der Waals surface area contributed by atoms with E-state index in [4.69, 9.17) is 9.47 Å². The molecule has 1 N–H and O–H groups in total. The van der Waals surface area contributed by atoms with Gasteiger partial charge < -0.3 is 14.8 Å². The lowest BCUT2D eigenvalue weighted by atomic mass is 10.2. The van der Waals surface area contributed by atoms with Crippen LogP contribution in [0.15, 0.2) is 48.5 Å². The summed E-state index contributed by atoms with van der Waals surface area (Å²) >= 11 is 0. The van der Waals surface area contributed by atoms with Crippen molar-refractivity contribution in [1.82, 2.24) is 5.32 Å². The molecule has 0 atom stereocenters. The molecule has 7 nitrogen and oxygen atoms in total. The highest BCUT2D eigenvalue weighted by Crippen LogP contribution is 2.23. The normalized spacial score (nSPS) is 11.0. The Morgan fingerprint density at radius 2 is 1.64 bits per heavy atom. The molecular formula is C20H26N2O5S. The zero-order valence-corrected chi connectivity index (χ0v) is 17.2. The van der Waals surface area contributed by atoms with Gasteiger partial charge >= 0.3 is 0 Å². The standard InChI is InChI=1S/C20H26N2O5S/c1-4-26-18-11-9-16(10-12-18)14-21-20(23)15-22(28(3,24)25)17-7-6-8-19(13-17)27-5-2/h6-13H,4-5,14-15H2,1-3H3,(H,21,23). The Hall–Kier alpha value is -2.74. The van der Waals surface area contributed by atoms with E-state index in [1.54, 1.807) is 24.3 Å². The van der Waals surface area contributed by atoms with Crippen LogP contribution in [0.25, 0.3) is 0 Å². The predicted octanol–water partition coefficient (Wildman–Crippen LogP) is 2.57. The van der Waals surface area contributed by atoms with Crippen molar-refractivity contribution in [2.75, 3.05) is 30.3 Å². The maximum atomic E-state index is 12.4. The SMILES string of the molecule is CCOc1ccc(CNC(=O)CN(c2cccc(OCC)c2)S(C)(=O)=O)cc1. The van der Waals surface area contributed by atoms with Crippen LogP contribution >= 0.6 is 0 Å². The van der Waals surface area contributed by atoms with E-state index in [0.717, 1.165) is 21.9 Å². The summed E-state index contributed by atoms with van der Waals surface area (Å²) in [5.74, 6) is 0.902. The maximum absolute atomic E-state index is 12.4. The van der Waals surface area contributed by atoms with Crippen LogP contribution < -0.4 is 19.1 Å². The molecule has 0 aliphatic heterocycles. The van der Waals surface area contributed by atoms with Gasteiger partial charge in [0.15, 0.2) is 0 Å². The molecule has 1 amide bonds. The van der Waals surface area contributed by atoms with Crippen LogP contribution in [-0.4, -0.2) is 40.3 Å². The Bertz CT molecular complexity index is 882. The number of carbonyl (C=O) groups excluding carboxylic acids is 1. The summed E-state index contributed by atoms with van der Waals surface area (Å²) in [6, 6.07) is 14.0. The van der Waals surface area contributed by atoms with Crippen LogP contribution in [-0.2, 0) is 21.4 Å². The van der Waals surface area contributed by atoms with Crippen LogP contribution in [0.4, 0.5) is 5.69 Å². The summed E-state index contributed by atoms with van der Waals surface area (Å²) in [7, 11) is -3.64. The van der Waals surface area contributed by atoms with Crippen LogP contribution in [0.3, 0.4) is 0 Å². The van der Waals surface area contributed by atoms with Crippen molar-refractivity contribution in [2.24, 2.45) is 0 Å². The summed E-state index contributed by atoms with van der Waals surface area (Å²) in [6.45, 7) is 4.78. The maximum Gasteiger partial charge on any atom is 0.241 e. The number of hydrogen-bond donors (Lipinski definition) is 1. The number of anilines is 1. The minimum atomic E-state index is -3.64. The topological polar surface area (TPSA) is 84.9 Å². The summed E-state index contributed by atoms with van der Waals surface area (Å²) in [5.41, 5.74) is 1.27. The number of hydrogen-bond acceptors (Lipinski definition) is 5. The van der Waals surface area contributed by atoms with E-state index >= 15 is 0 Å². The van der Waals surface area contributed by atoms with Crippen molar-refractivity contribution in [3.05, 3.63) is 54.1 Å². The second kappa shape index (κ2) is 9.98. The Balaban J connectivity index is 2.04. The monoisotopic (exact) mass is 406 g/mol. The van der Waals surface area contributed by atoms with Gasteiger partial charge in [-0.2, -0.15) is 0 Å². The van der Waals surface area contributed by atoms with Gasteiger partial charge in [0.2, 0.25) is 15.9 Å². The molecule has 152 valence electrons. The van der Waals surface area contributed by atoms with Gasteiger partial charge in [0.25, 0.3) is 0 Å². The quantitative estimate of drug-likeness (QED) is 0.656. The molecule has 0 bridgehead atoms. The average molecular weight is 407 g/mol. The number of nitrogens with zero attached hydrogens (tertiary/aromatic N) is 1. The molecular weight excluding hydrogens is 380 g/mol. The fourth-order valence-corrected chi connectivity index (χ4v) is 3.40. The Morgan fingerprint density at radius 3 is 2.25 bits per heavy atom. The number of rotatable bonds is 10. The molecule has 0 aliphatic carbocycles. The van der Waals surface area contributed by atoms with Gasteiger partial charge in [-0.3, -0.25) is 9.10 Å². The highest BCUT2D eigenvalue weighted by Gasteiger charge is 2.21. The molecule has 0 saturated heterocycles. The van der Waals surface area contributed by atoms with Crippen molar-refractivity contribution in [2.45, 2.75) is 20.4 Å². The smallest absolute Gasteiger partial charge is 0.241 e. The van der Waals surface area contributed by atoms with Crippen molar-refractivity contribution < 1.29 is 22.7 Å². The summed E-state index contributed by atoms with van der Waals surface area (Å²) in [5, 5.41) is 2.75. The van der Waals surface area contributed by atoms with Gasteiger partial charge in [-0.1, -0.05) is 18.2 Å². The first kappa shape index (κ1) is 21.6. The van der Waals surface area contributed by atoms with E-state index < -0.39 is 15.9 Å². The van der Waals surface area contributed by atoms with E-state index in [0.29, 0.717) is 31.2 Å². The van der Waals surface area contributed by atoms with Crippen LogP contribution in [0.1, 0.15) is 19.4 Å². The van der Waals surface area contributed by atoms with Gasteiger partial charge in [0, 0.05) is 12.6 Å². The Morgan fingerprint density at radius 1 is 1.00 bits per heavy atom. The first-order valence-corrected chi connectivity index (χ1v) is 10.9. The molecule has 0 spiro atoms. The fourth-order valence-electron chi connectivity index (χ4n) is 2.55. The lowest BCUT2D eigenvalue weighted by molar-refractivity contribution is -0.119. The molecule has 0 heterocycles. The number of sulfonamides is 1. The summed E-state index contributed by atoms with van der Waals surface area (Å²) in [6.07, 6.45) is 1.07. The zero-order chi connectivity index (χ0) is 20.6. The molecule has 0 saturated carbocycles.